The van der Waals surface area contributed by atoms with Gasteiger partial charge in [-0.1, -0.05) is 0 Å². The number of hydrogen-bond donors (Lipinski definition) is 0. The Balaban J connectivity index is 2.08. The predicted molar refractivity (Wildman–Crippen MR) is 79.5 cm³/mol. The molecule has 0 spiro atoms. The number of ether oxygens (including phenoxy) is 1. The molecule has 0 aliphatic carbocycles. The summed E-state index contributed by atoms with van der Waals surface area (Å²) < 4.78 is 5.49. The Kier molecular flexibility index (Phi) is 4.99. The van der Waals surface area contributed by atoms with Crippen molar-refractivity contribution >= 4 is 17.5 Å². The van der Waals surface area contributed by atoms with E-state index in [2.05, 4.69) is 26.9 Å². The molecule has 6 nitrogen and oxygen atoms in total. The van der Waals surface area contributed by atoms with Crippen LogP contribution >= 0.6 is 11.6 Å². The van der Waals surface area contributed by atoms with E-state index in [1.54, 1.807) is 0 Å². The van der Waals surface area contributed by atoms with Gasteiger partial charge in [-0.15, -0.1) is 0 Å². The van der Waals surface area contributed by atoms with Crippen LogP contribution in [0.1, 0.15) is 26.7 Å². The van der Waals surface area contributed by atoms with E-state index in [-0.39, 0.29) is 17.4 Å². The molecule has 1 saturated heterocycles. The molecule has 0 saturated carbocycles. The van der Waals surface area contributed by atoms with E-state index in [9.17, 15) is 0 Å². The predicted octanol–water partition coefficient (Wildman–Crippen LogP) is 1.84. The van der Waals surface area contributed by atoms with Crippen molar-refractivity contribution in [2.45, 2.75) is 38.8 Å². The number of aromatic nitrogens is 3. The van der Waals surface area contributed by atoms with Crippen LogP contribution in [-0.4, -0.2) is 59.2 Å². The Hall–Kier alpha value is -1.14. The summed E-state index contributed by atoms with van der Waals surface area (Å²) in [7, 11) is 4.12. The maximum Gasteiger partial charge on any atom is 0.322 e. The first kappa shape index (κ1) is 15.3. The minimum absolute atomic E-state index is 0.00703. The monoisotopic (exact) mass is 299 g/mol. The number of hydrogen-bond acceptors (Lipinski definition) is 6. The molecule has 7 heteroatoms. The van der Waals surface area contributed by atoms with Gasteiger partial charge < -0.3 is 14.5 Å². The number of halogens is 1. The highest BCUT2D eigenvalue weighted by Gasteiger charge is 2.23. The molecule has 2 rings (SSSR count). The van der Waals surface area contributed by atoms with Crippen LogP contribution in [0.5, 0.6) is 6.01 Å². The van der Waals surface area contributed by atoms with Gasteiger partial charge >= 0.3 is 6.01 Å². The van der Waals surface area contributed by atoms with Crippen LogP contribution in [0.25, 0.3) is 0 Å². The minimum Gasteiger partial charge on any atom is -0.461 e. The molecule has 1 unspecified atom stereocenters. The fraction of sp³-hybridized carbons (Fsp3) is 0.769. The molecule has 20 heavy (non-hydrogen) atoms. The van der Waals surface area contributed by atoms with Crippen molar-refractivity contribution in [1.29, 1.82) is 0 Å². The number of likely N-dealkylation sites (tertiary alicyclic amines) is 1. The summed E-state index contributed by atoms with van der Waals surface area (Å²) in [6.07, 6.45) is 2.46. The Morgan fingerprint density at radius 2 is 2.15 bits per heavy atom. The first-order valence-corrected chi connectivity index (χ1v) is 7.33. The summed E-state index contributed by atoms with van der Waals surface area (Å²) in [6.45, 7) is 5.87. The average molecular weight is 300 g/mol. The van der Waals surface area contributed by atoms with Gasteiger partial charge in [0, 0.05) is 19.6 Å². The molecule has 1 aliphatic heterocycles. The van der Waals surface area contributed by atoms with Crippen molar-refractivity contribution < 1.29 is 4.74 Å². The van der Waals surface area contributed by atoms with Crippen molar-refractivity contribution in [3.05, 3.63) is 5.28 Å². The standard InChI is InChI=1S/C13H22ClN5O/c1-9(2)20-13-16-11(14)15-12(17-13)19(4)8-10-6-5-7-18(10)3/h9-10H,5-8H2,1-4H3. The highest BCUT2D eigenvalue weighted by atomic mass is 35.5. The molecule has 0 bridgehead atoms. The minimum atomic E-state index is 0.00703. The average Bonchev–Trinajstić information content (AvgIpc) is 2.73. The van der Waals surface area contributed by atoms with Gasteiger partial charge in [0.2, 0.25) is 11.2 Å². The second-order valence-corrected chi connectivity index (χ2v) is 5.85. The first-order chi connectivity index (χ1) is 9.45. The number of nitrogens with zero attached hydrogens (tertiary/aromatic N) is 5. The lowest BCUT2D eigenvalue weighted by Crippen LogP contribution is -2.37. The molecule has 2 heterocycles. The zero-order valence-electron chi connectivity index (χ0n) is 12.5. The number of anilines is 1. The van der Waals surface area contributed by atoms with Gasteiger partial charge in [-0.25, -0.2) is 0 Å². The molecule has 0 amide bonds. The molecule has 1 aromatic rings. The fourth-order valence-corrected chi connectivity index (χ4v) is 2.51. The van der Waals surface area contributed by atoms with Gasteiger partial charge in [0.15, 0.2) is 0 Å². The van der Waals surface area contributed by atoms with E-state index in [1.165, 1.54) is 12.8 Å². The fourth-order valence-electron chi connectivity index (χ4n) is 2.36. The van der Waals surface area contributed by atoms with Crippen molar-refractivity contribution in [3.8, 4) is 6.01 Å². The number of rotatable bonds is 5. The second kappa shape index (κ2) is 6.54. The van der Waals surface area contributed by atoms with Gasteiger partial charge in [-0.05, 0) is 51.9 Å². The lowest BCUT2D eigenvalue weighted by molar-refractivity contribution is 0.221. The summed E-state index contributed by atoms with van der Waals surface area (Å²) in [5.74, 6) is 0.556. The smallest absolute Gasteiger partial charge is 0.322 e. The van der Waals surface area contributed by atoms with E-state index in [0.717, 1.165) is 13.1 Å². The topological polar surface area (TPSA) is 54.4 Å². The van der Waals surface area contributed by atoms with Crippen LogP contribution in [0.4, 0.5) is 5.95 Å². The molecular weight excluding hydrogens is 278 g/mol. The van der Waals surface area contributed by atoms with Crippen molar-refractivity contribution in [2.75, 3.05) is 32.1 Å². The Bertz CT molecular complexity index is 456. The van der Waals surface area contributed by atoms with E-state index in [0.29, 0.717) is 12.0 Å². The molecule has 1 atom stereocenters. The third kappa shape index (κ3) is 3.93. The van der Waals surface area contributed by atoms with Gasteiger partial charge in [-0.3, -0.25) is 0 Å². The normalized spacial score (nSPS) is 19.6. The van der Waals surface area contributed by atoms with Crippen LogP contribution in [0.2, 0.25) is 5.28 Å². The summed E-state index contributed by atoms with van der Waals surface area (Å²) >= 11 is 5.94. The third-order valence-electron chi connectivity index (χ3n) is 3.41. The van der Waals surface area contributed by atoms with E-state index in [1.807, 2.05) is 25.8 Å². The van der Waals surface area contributed by atoms with Crippen molar-refractivity contribution in [3.63, 3.8) is 0 Å². The van der Waals surface area contributed by atoms with Crippen LogP contribution in [0, 0.1) is 0 Å². The summed E-state index contributed by atoms with van der Waals surface area (Å²) in [4.78, 5) is 16.9. The Labute approximate surface area is 125 Å². The highest BCUT2D eigenvalue weighted by molar-refractivity contribution is 6.28. The molecule has 0 N–H and O–H groups in total. The zero-order valence-corrected chi connectivity index (χ0v) is 13.3. The van der Waals surface area contributed by atoms with Crippen LogP contribution in [-0.2, 0) is 0 Å². The Morgan fingerprint density at radius 1 is 1.40 bits per heavy atom. The quantitative estimate of drug-likeness (QED) is 0.827. The maximum atomic E-state index is 5.94. The molecule has 1 aliphatic rings. The maximum absolute atomic E-state index is 5.94. The van der Waals surface area contributed by atoms with E-state index >= 15 is 0 Å². The zero-order chi connectivity index (χ0) is 14.7. The third-order valence-corrected chi connectivity index (χ3v) is 3.58. The molecule has 1 fully saturated rings. The van der Waals surface area contributed by atoms with Gasteiger partial charge in [-0.2, -0.15) is 15.0 Å². The molecule has 1 aromatic heterocycles. The molecular formula is C13H22ClN5O. The van der Waals surface area contributed by atoms with Gasteiger partial charge in [0.1, 0.15) is 0 Å². The lowest BCUT2D eigenvalue weighted by atomic mass is 10.2. The summed E-state index contributed by atoms with van der Waals surface area (Å²) in [5, 5.41) is 0.164. The van der Waals surface area contributed by atoms with Gasteiger partial charge in [0.05, 0.1) is 6.10 Å². The van der Waals surface area contributed by atoms with Crippen molar-refractivity contribution in [1.82, 2.24) is 19.9 Å². The van der Waals surface area contributed by atoms with Crippen LogP contribution in [0.3, 0.4) is 0 Å². The van der Waals surface area contributed by atoms with Crippen molar-refractivity contribution in [2.24, 2.45) is 0 Å². The molecule has 0 aromatic carbocycles. The highest BCUT2D eigenvalue weighted by Crippen LogP contribution is 2.19. The van der Waals surface area contributed by atoms with E-state index < -0.39 is 0 Å². The molecule has 112 valence electrons. The first-order valence-electron chi connectivity index (χ1n) is 6.95. The summed E-state index contributed by atoms with van der Waals surface area (Å²) in [5.41, 5.74) is 0. The molecule has 0 radical (unpaired) electrons. The number of likely N-dealkylation sites (N-methyl/N-ethyl adjacent to an activating group) is 2. The second-order valence-electron chi connectivity index (χ2n) is 5.51. The largest absolute Gasteiger partial charge is 0.461 e. The SMILES string of the molecule is CC(C)Oc1nc(Cl)nc(N(C)CC2CCCN2C)n1. The Morgan fingerprint density at radius 3 is 2.75 bits per heavy atom. The van der Waals surface area contributed by atoms with E-state index in [4.69, 9.17) is 16.3 Å². The van der Waals surface area contributed by atoms with Gasteiger partial charge in [0.25, 0.3) is 0 Å². The lowest BCUT2D eigenvalue weighted by Gasteiger charge is -2.25. The summed E-state index contributed by atoms with van der Waals surface area (Å²) in [6, 6.07) is 0.812. The van der Waals surface area contributed by atoms with Crippen LogP contribution in [0.15, 0.2) is 0 Å². The van der Waals surface area contributed by atoms with Crippen LogP contribution < -0.4 is 9.64 Å².